The summed E-state index contributed by atoms with van der Waals surface area (Å²) in [4.78, 5) is 30.9. The minimum absolute atomic E-state index is 0.0421. The molecule has 1 fully saturated rings. The summed E-state index contributed by atoms with van der Waals surface area (Å²) in [7, 11) is 0. The largest absolute Gasteiger partial charge is 0.481 e. The highest BCUT2D eigenvalue weighted by atomic mass is 16.4. The molecule has 36 heavy (non-hydrogen) atoms. The van der Waals surface area contributed by atoms with Gasteiger partial charge in [0.15, 0.2) is 0 Å². The van der Waals surface area contributed by atoms with Gasteiger partial charge in [-0.15, -0.1) is 0 Å². The number of piperidine rings is 1. The van der Waals surface area contributed by atoms with E-state index in [9.17, 15) is 9.90 Å². The van der Waals surface area contributed by atoms with E-state index in [1.54, 1.807) is 24.3 Å². The number of nitrogens with zero attached hydrogens (tertiary/aromatic N) is 7. The van der Waals surface area contributed by atoms with Crippen molar-refractivity contribution in [1.82, 2.24) is 15.0 Å². The third-order valence-corrected chi connectivity index (χ3v) is 5.86. The van der Waals surface area contributed by atoms with Gasteiger partial charge in [0.25, 0.3) is 0 Å². The summed E-state index contributed by atoms with van der Waals surface area (Å²) >= 11 is 0. The number of rotatable bonds is 7. The number of aliphatic imine (C=N–C) groups is 1. The molecule has 0 atom stereocenters. The second kappa shape index (κ2) is 11.1. The Morgan fingerprint density at radius 2 is 1.94 bits per heavy atom. The number of benzene rings is 1. The first kappa shape index (κ1) is 24.3. The number of anilines is 2. The predicted octanol–water partition coefficient (Wildman–Crippen LogP) is 2.23. The van der Waals surface area contributed by atoms with Gasteiger partial charge in [0.2, 0.25) is 5.95 Å². The fraction of sp³-hybridized carbons (Fsp3) is 0.240. The summed E-state index contributed by atoms with van der Waals surface area (Å²) in [6.45, 7) is 1.58. The number of nitrogens with two attached hydrogens (primary N) is 2. The van der Waals surface area contributed by atoms with Crippen LogP contribution < -0.4 is 16.5 Å². The molecule has 182 valence electrons. The summed E-state index contributed by atoms with van der Waals surface area (Å²) in [6, 6.07) is 16.5. The van der Waals surface area contributed by atoms with Crippen molar-refractivity contribution in [2.24, 2.45) is 21.9 Å². The number of aromatic nitrogens is 3. The van der Waals surface area contributed by atoms with Crippen molar-refractivity contribution in [3.63, 3.8) is 0 Å². The molecule has 11 heteroatoms. The fourth-order valence-electron chi connectivity index (χ4n) is 3.97. The maximum absolute atomic E-state index is 11.2. The highest BCUT2D eigenvalue weighted by Gasteiger charge is 2.25. The molecular weight excluding hydrogens is 458 g/mol. The van der Waals surface area contributed by atoms with Gasteiger partial charge in [0.05, 0.1) is 47.4 Å². The number of carbonyl (C=O) groups is 1. The molecule has 0 saturated carbocycles. The summed E-state index contributed by atoms with van der Waals surface area (Å²) in [5.74, 6) is 5.42. The third-order valence-electron chi connectivity index (χ3n) is 5.86. The van der Waals surface area contributed by atoms with E-state index in [0.717, 1.165) is 11.5 Å². The van der Waals surface area contributed by atoms with Crippen LogP contribution in [0, 0.1) is 17.2 Å². The molecule has 11 nitrogen and oxygen atoms in total. The van der Waals surface area contributed by atoms with Gasteiger partial charge in [-0.25, -0.2) is 15.0 Å². The van der Waals surface area contributed by atoms with E-state index in [1.807, 2.05) is 24.3 Å². The molecule has 4 rings (SSSR count). The van der Waals surface area contributed by atoms with Gasteiger partial charge in [0.1, 0.15) is 11.5 Å². The minimum Gasteiger partial charge on any atom is -0.481 e. The summed E-state index contributed by atoms with van der Waals surface area (Å²) in [6.07, 6.45) is 2.70. The molecule has 0 bridgehead atoms. The van der Waals surface area contributed by atoms with Crippen molar-refractivity contribution in [2.45, 2.75) is 19.4 Å². The number of nitrogen functional groups attached to an aromatic ring is 1. The fourth-order valence-corrected chi connectivity index (χ4v) is 3.97. The van der Waals surface area contributed by atoms with Crippen LogP contribution in [0.4, 0.5) is 11.8 Å². The molecule has 3 aromatic rings. The van der Waals surface area contributed by atoms with Crippen LogP contribution in [-0.2, 0) is 11.3 Å². The van der Waals surface area contributed by atoms with Crippen molar-refractivity contribution < 1.29 is 9.90 Å². The molecule has 3 heterocycles. The van der Waals surface area contributed by atoms with Crippen LogP contribution in [0.3, 0.4) is 0 Å². The molecule has 0 amide bonds. The van der Waals surface area contributed by atoms with Crippen LogP contribution in [0.25, 0.3) is 11.3 Å². The number of hydrogen-bond acceptors (Lipinski definition) is 10. The highest BCUT2D eigenvalue weighted by Crippen LogP contribution is 2.23. The number of hydrogen-bond donors (Lipinski definition) is 3. The summed E-state index contributed by atoms with van der Waals surface area (Å²) < 4.78 is 0. The van der Waals surface area contributed by atoms with Crippen LogP contribution in [-0.4, -0.2) is 51.0 Å². The standard InChI is InChI=1S/C25H25N9O2/c26-13-16-3-1-4-18(11-16)20-12-21(32-25(27)31-20)22(33-28)15-29-14-19-5-2-6-23(30-19)34-9-7-17(8-10-34)24(35)36/h1-6,11-12,15,17H,7-10,14,28H2,(H,35,36)(H2,27,31,32). The Labute approximate surface area is 207 Å². The quantitative estimate of drug-likeness (QED) is 0.258. The number of hydrazone groups is 1. The number of nitriles is 1. The lowest BCUT2D eigenvalue weighted by atomic mass is 9.97. The maximum Gasteiger partial charge on any atom is 0.306 e. The number of carboxylic acid groups (broad SMARTS) is 1. The van der Waals surface area contributed by atoms with Gasteiger partial charge < -0.3 is 21.6 Å². The van der Waals surface area contributed by atoms with E-state index in [-0.39, 0.29) is 18.4 Å². The molecule has 1 aromatic carbocycles. The minimum atomic E-state index is -0.740. The zero-order chi connectivity index (χ0) is 25.5. The molecule has 0 spiro atoms. The van der Waals surface area contributed by atoms with E-state index < -0.39 is 5.97 Å². The van der Waals surface area contributed by atoms with Gasteiger partial charge in [0, 0.05) is 18.7 Å². The first-order valence-corrected chi connectivity index (χ1v) is 11.3. The molecular formula is C25H25N9O2. The molecule has 0 aliphatic carbocycles. The van der Waals surface area contributed by atoms with Crippen LogP contribution in [0.2, 0.25) is 0 Å². The lowest BCUT2D eigenvalue weighted by molar-refractivity contribution is -0.142. The van der Waals surface area contributed by atoms with Crippen molar-refractivity contribution >= 4 is 29.7 Å². The van der Waals surface area contributed by atoms with E-state index in [1.165, 1.54) is 6.21 Å². The SMILES string of the molecule is N#Cc1cccc(-c2cc(C(C=NCc3cccc(N4CCC(C(=O)O)CC4)n3)=NN)nc(N)n2)c1. The molecule has 0 radical (unpaired) electrons. The average Bonchev–Trinajstić information content (AvgIpc) is 2.91. The van der Waals surface area contributed by atoms with Crippen LogP contribution in [0.5, 0.6) is 0 Å². The Morgan fingerprint density at radius 1 is 1.17 bits per heavy atom. The van der Waals surface area contributed by atoms with E-state index in [4.69, 9.17) is 16.8 Å². The van der Waals surface area contributed by atoms with Gasteiger partial charge in [-0.1, -0.05) is 18.2 Å². The Hall–Kier alpha value is -4.85. The van der Waals surface area contributed by atoms with E-state index in [2.05, 4.69) is 36.0 Å². The zero-order valence-electron chi connectivity index (χ0n) is 19.4. The lowest BCUT2D eigenvalue weighted by Crippen LogP contribution is -2.36. The molecule has 5 N–H and O–H groups in total. The smallest absolute Gasteiger partial charge is 0.306 e. The molecule has 1 saturated heterocycles. The normalized spacial score (nSPS) is 14.6. The second-order valence-electron chi connectivity index (χ2n) is 8.26. The first-order chi connectivity index (χ1) is 17.5. The van der Waals surface area contributed by atoms with E-state index >= 15 is 0 Å². The topological polar surface area (TPSA) is 180 Å². The van der Waals surface area contributed by atoms with Gasteiger partial charge >= 0.3 is 5.97 Å². The first-order valence-electron chi connectivity index (χ1n) is 11.3. The summed E-state index contributed by atoms with van der Waals surface area (Å²) in [5, 5.41) is 22.2. The average molecular weight is 484 g/mol. The predicted molar refractivity (Wildman–Crippen MR) is 136 cm³/mol. The highest BCUT2D eigenvalue weighted by molar-refractivity contribution is 6.37. The van der Waals surface area contributed by atoms with Gasteiger partial charge in [-0.05, 0) is 43.2 Å². The lowest BCUT2D eigenvalue weighted by Gasteiger charge is -2.31. The van der Waals surface area contributed by atoms with Gasteiger partial charge in [-0.2, -0.15) is 10.4 Å². The number of carboxylic acids is 1. The van der Waals surface area contributed by atoms with Crippen molar-refractivity contribution in [3.8, 4) is 17.3 Å². The molecule has 0 unspecified atom stereocenters. The Balaban J connectivity index is 1.47. The van der Waals surface area contributed by atoms with Crippen LogP contribution in [0.1, 0.15) is 29.8 Å². The Bertz CT molecular complexity index is 1360. The number of aliphatic carboxylic acids is 1. The zero-order valence-corrected chi connectivity index (χ0v) is 19.4. The van der Waals surface area contributed by atoms with Crippen LogP contribution in [0.15, 0.2) is 58.6 Å². The van der Waals surface area contributed by atoms with E-state index in [0.29, 0.717) is 54.2 Å². The van der Waals surface area contributed by atoms with Crippen LogP contribution >= 0.6 is 0 Å². The third kappa shape index (κ3) is 5.79. The molecule has 1 aliphatic heterocycles. The summed E-state index contributed by atoms with van der Waals surface area (Å²) in [5.41, 5.74) is 9.12. The Morgan fingerprint density at radius 3 is 2.67 bits per heavy atom. The van der Waals surface area contributed by atoms with Crippen molar-refractivity contribution in [2.75, 3.05) is 23.7 Å². The maximum atomic E-state index is 11.2. The number of pyridine rings is 1. The Kier molecular flexibility index (Phi) is 7.45. The van der Waals surface area contributed by atoms with Crippen molar-refractivity contribution in [1.29, 1.82) is 5.26 Å². The van der Waals surface area contributed by atoms with Gasteiger partial charge in [-0.3, -0.25) is 9.79 Å². The molecule has 2 aromatic heterocycles. The monoisotopic (exact) mass is 483 g/mol. The molecule has 1 aliphatic rings. The van der Waals surface area contributed by atoms with Crippen molar-refractivity contribution in [3.05, 3.63) is 65.5 Å². The second-order valence-corrected chi connectivity index (χ2v) is 8.26.